The van der Waals surface area contributed by atoms with Crippen molar-refractivity contribution in [2.75, 3.05) is 5.32 Å². The number of rotatable bonds is 3. The van der Waals surface area contributed by atoms with Crippen LogP contribution in [-0.2, 0) is 0 Å². The Labute approximate surface area is 181 Å². The van der Waals surface area contributed by atoms with Gasteiger partial charge >= 0.3 is 0 Å². The second-order valence-corrected chi connectivity index (χ2v) is 7.29. The number of nitrogens with zero attached hydrogens (tertiary/aromatic N) is 1. The number of para-hydroxylation sites is 2. The Kier molecular flexibility index (Phi) is 5.49. The van der Waals surface area contributed by atoms with Crippen molar-refractivity contribution in [3.8, 4) is 11.5 Å². The summed E-state index contributed by atoms with van der Waals surface area (Å²) in [6.45, 7) is 0. The molecule has 0 atom stereocenters. The van der Waals surface area contributed by atoms with E-state index in [-0.39, 0.29) is 5.11 Å². The third kappa shape index (κ3) is 4.24. The number of oxazole rings is 1. The fraction of sp³-hybridized carbons (Fsp3) is 0. The van der Waals surface area contributed by atoms with Crippen molar-refractivity contribution in [2.24, 2.45) is 0 Å². The second kappa shape index (κ2) is 8.21. The SMILES string of the molecule is O=C(NC(=S)Nc1ccc(Cl)c(-c2nc3ccccc3o2)c1)c1ccccc1Cl. The van der Waals surface area contributed by atoms with E-state index in [1.165, 1.54) is 0 Å². The standard InChI is InChI=1S/C21H13Cl2N3O2S/c22-15-6-2-1-5-13(15)19(27)26-21(29)24-12-9-10-16(23)14(11-12)20-25-17-7-3-4-8-18(17)28-20/h1-11H,(H2,24,26,27,29). The van der Waals surface area contributed by atoms with Gasteiger partial charge in [-0.25, -0.2) is 4.98 Å². The summed E-state index contributed by atoms with van der Waals surface area (Å²) < 4.78 is 5.79. The Morgan fingerprint density at radius 2 is 1.72 bits per heavy atom. The van der Waals surface area contributed by atoms with E-state index in [1.54, 1.807) is 42.5 Å². The number of carbonyl (C=O) groups is 1. The number of hydrogen-bond acceptors (Lipinski definition) is 4. The highest BCUT2D eigenvalue weighted by molar-refractivity contribution is 7.80. The van der Waals surface area contributed by atoms with Crippen molar-refractivity contribution >= 4 is 63.2 Å². The van der Waals surface area contributed by atoms with Crippen LogP contribution < -0.4 is 10.6 Å². The smallest absolute Gasteiger partial charge is 0.258 e. The number of halogens is 2. The van der Waals surface area contributed by atoms with E-state index in [2.05, 4.69) is 15.6 Å². The van der Waals surface area contributed by atoms with Crippen molar-refractivity contribution in [3.63, 3.8) is 0 Å². The third-order valence-electron chi connectivity index (χ3n) is 4.09. The zero-order valence-electron chi connectivity index (χ0n) is 14.8. The molecule has 0 aliphatic rings. The number of carbonyl (C=O) groups excluding carboxylic acids is 1. The molecule has 2 N–H and O–H groups in total. The first-order chi connectivity index (χ1) is 14.0. The molecule has 3 aromatic carbocycles. The minimum atomic E-state index is -0.402. The first kappa shape index (κ1) is 19.4. The van der Waals surface area contributed by atoms with Crippen LogP contribution in [0.4, 0.5) is 5.69 Å². The topological polar surface area (TPSA) is 67.2 Å². The molecule has 0 unspecified atom stereocenters. The maximum atomic E-state index is 12.3. The van der Waals surface area contributed by atoms with E-state index in [9.17, 15) is 4.79 Å². The van der Waals surface area contributed by atoms with Crippen LogP contribution in [0.5, 0.6) is 0 Å². The average molecular weight is 442 g/mol. The molecule has 1 heterocycles. The lowest BCUT2D eigenvalue weighted by atomic mass is 10.2. The highest BCUT2D eigenvalue weighted by Crippen LogP contribution is 2.32. The number of nitrogens with one attached hydrogen (secondary N) is 2. The van der Waals surface area contributed by atoms with Gasteiger partial charge in [0.2, 0.25) is 5.89 Å². The zero-order valence-corrected chi connectivity index (χ0v) is 17.1. The number of aromatic nitrogens is 1. The van der Waals surface area contributed by atoms with Crippen LogP contribution in [0.15, 0.2) is 71.1 Å². The van der Waals surface area contributed by atoms with Gasteiger partial charge in [-0.2, -0.15) is 0 Å². The van der Waals surface area contributed by atoms with Crippen LogP contribution in [0.3, 0.4) is 0 Å². The normalized spacial score (nSPS) is 10.7. The van der Waals surface area contributed by atoms with Crippen molar-refractivity contribution < 1.29 is 9.21 Å². The molecular formula is C21H13Cl2N3O2S. The molecule has 1 amide bonds. The first-order valence-corrected chi connectivity index (χ1v) is 9.70. The number of benzene rings is 3. The summed E-state index contributed by atoms with van der Waals surface area (Å²) >= 11 is 17.6. The largest absolute Gasteiger partial charge is 0.436 e. The second-order valence-electron chi connectivity index (χ2n) is 6.07. The van der Waals surface area contributed by atoms with Crippen LogP contribution in [0.25, 0.3) is 22.6 Å². The fourth-order valence-electron chi connectivity index (χ4n) is 2.73. The first-order valence-electron chi connectivity index (χ1n) is 8.53. The van der Waals surface area contributed by atoms with Gasteiger partial charge in [-0.1, -0.05) is 47.5 Å². The van der Waals surface area contributed by atoms with Crippen LogP contribution in [0, 0.1) is 0 Å². The Hall–Kier alpha value is -2.93. The highest BCUT2D eigenvalue weighted by Gasteiger charge is 2.14. The Morgan fingerprint density at radius 1 is 0.966 bits per heavy atom. The molecule has 29 heavy (non-hydrogen) atoms. The van der Waals surface area contributed by atoms with Crippen LogP contribution >= 0.6 is 35.4 Å². The van der Waals surface area contributed by atoms with E-state index in [0.29, 0.717) is 38.3 Å². The molecule has 0 saturated carbocycles. The van der Waals surface area contributed by atoms with Crippen molar-refractivity contribution in [1.82, 2.24) is 10.3 Å². The molecule has 0 aliphatic carbocycles. The summed E-state index contributed by atoms with van der Waals surface area (Å²) in [5, 5.41) is 6.52. The van der Waals surface area contributed by atoms with Gasteiger partial charge in [0.25, 0.3) is 5.91 Å². The molecular weight excluding hydrogens is 429 g/mol. The summed E-state index contributed by atoms with van der Waals surface area (Å²) in [4.78, 5) is 16.8. The molecule has 0 aliphatic heterocycles. The van der Waals surface area contributed by atoms with E-state index < -0.39 is 5.91 Å². The molecule has 1 aromatic heterocycles. The van der Waals surface area contributed by atoms with Gasteiger partial charge in [-0.15, -0.1) is 0 Å². The van der Waals surface area contributed by atoms with Crippen LogP contribution in [0.2, 0.25) is 10.0 Å². The van der Waals surface area contributed by atoms with Gasteiger partial charge in [-0.3, -0.25) is 10.1 Å². The predicted octanol–water partition coefficient (Wildman–Crippen LogP) is 5.93. The number of thiocarbonyl (C=S) groups is 1. The van der Waals surface area contributed by atoms with E-state index in [4.69, 9.17) is 39.8 Å². The average Bonchev–Trinajstić information content (AvgIpc) is 3.13. The fourth-order valence-corrected chi connectivity index (χ4v) is 3.36. The molecule has 4 aromatic rings. The van der Waals surface area contributed by atoms with Crippen molar-refractivity contribution in [3.05, 3.63) is 82.3 Å². The molecule has 5 nitrogen and oxygen atoms in total. The van der Waals surface area contributed by atoms with Gasteiger partial charge in [0.15, 0.2) is 10.7 Å². The van der Waals surface area contributed by atoms with Gasteiger partial charge < -0.3 is 9.73 Å². The summed E-state index contributed by atoms with van der Waals surface area (Å²) in [7, 11) is 0. The minimum Gasteiger partial charge on any atom is -0.436 e. The van der Waals surface area contributed by atoms with Crippen LogP contribution in [0.1, 0.15) is 10.4 Å². The van der Waals surface area contributed by atoms with E-state index >= 15 is 0 Å². The summed E-state index contributed by atoms with van der Waals surface area (Å²) in [5.74, 6) is -0.00731. The number of fused-ring (bicyclic) bond motifs is 1. The van der Waals surface area contributed by atoms with Gasteiger partial charge in [0, 0.05) is 5.69 Å². The summed E-state index contributed by atoms with van der Waals surface area (Å²) in [6, 6.07) is 19.4. The lowest BCUT2D eigenvalue weighted by Crippen LogP contribution is -2.34. The quantitative estimate of drug-likeness (QED) is 0.385. The molecule has 0 spiro atoms. The summed E-state index contributed by atoms with van der Waals surface area (Å²) in [6.07, 6.45) is 0. The minimum absolute atomic E-state index is 0.126. The number of anilines is 1. The molecule has 0 fully saturated rings. The Morgan fingerprint density at radius 3 is 2.52 bits per heavy atom. The Bertz CT molecular complexity index is 1210. The summed E-state index contributed by atoms with van der Waals surface area (Å²) in [5.41, 5.74) is 2.96. The molecule has 8 heteroatoms. The molecule has 0 bridgehead atoms. The zero-order chi connectivity index (χ0) is 20.4. The van der Waals surface area contributed by atoms with E-state index in [1.807, 2.05) is 24.3 Å². The molecule has 0 radical (unpaired) electrons. The van der Waals surface area contributed by atoms with Crippen LogP contribution in [-0.4, -0.2) is 16.0 Å². The Balaban J connectivity index is 1.53. The van der Waals surface area contributed by atoms with Crippen molar-refractivity contribution in [1.29, 1.82) is 0 Å². The molecule has 0 saturated heterocycles. The van der Waals surface area contributed by atoms with E-state index in [0.717, 1.165) is 5.52 Å². The maximum absolute atomic E-state index is 12.3. The van der Waals surface area contributed by atoms with Gasteiger partial charge in [0.05, 0.1) is 21.2 Å². The number of hydrogen-bond donors (Lipinski definition) is 2. The predicted molar refractivity (Wildman–Crippen MR) is 120 cm³/mol. The third-order valence-corrected chi connectivity index (χ3v) is 4.96. The lowest BCUT2D eigenvalue weighted by Gasteiger charge is -2.11. The van der Waals surface area contributed by atoms with Gasteiger partial charge in [-0.05, 0) is 54.7 Å². The van der Waals surface area contributed by atoms with Crippen molar-refractivity contribution in [2.45, 2.75) is 0 Å². The molecule has 4 rings (SSSR count). The number of amides is 1. The highest BCUT2D eigenvalue weighted by atomic mass is 35.5. The lowest BCUT2D eigenvalue weighted by molar-refractivity contribution is 0.0978. The monoisotopic (exact) mass is 441 g/mol. The molecule has 144 valence electrons. The maximum Gasteiger partial charge on any atom is 0.258 e. The van der Waals surface area contributed by atoms with Gasteiger partial charge in [0.1, 0.15) is 5.52 Å².